The topological polar surface area (TPSA) is 33.9 Å². The van der Waals surface area contributed by atoms with Crippen LogP contribution in [0.2, 0.25) is 0 Å². The highest BCUT2D eigenvalue weighted by atomic mass is 16.5. The van der Waals surface area contributed by atoms with Gasteiger partial charge in [-0.25, -0.2) is 0 Å². The number of hydrogen-bond donors (Lipinski definition) is 2. The minimum absolute atomic E-state index is 0.137. The van der Waals surface area contributed by atoms with Gasteiger partial charge >= 0.3 is 0 Å². The van der Waals surface area contributed by atoms with E-state index in [1.807, 2.05) is 18.2 Å². The van der Waals surface area contributed by atoms with Crippen molar-refractivity contribution >= 4 is 0 Å². The van der Waals surface area contributed by atoms with E-state index in [-0.39, 0.29) is 6.10 Å². The molecule has 2 N–H and O–H groups in total. The van der Waals surface area contributed by atoms with E-state index in [9.17, 15) is 5.11 Å². The van der Waals surface area contributed by atoms with E-state index in [4.69, 9.17) is 4.74 Å². The Morgan fingerprint density at radius 3 is 2.58 bits per heavy atom. The van der Waals surface area contributed by atoms with Gasteiger partial charge in [0.15, 0.2) is 0 Å². The fourth-order valence-electron chi connectivity index (χ4n) is 4.06. The average Bonchev–Trinajstić information content (AvgIpc) is 2.64. The predicted octanol–water partition coefficient (Wildman–Crippen LogP) is 2.78. The molecule has 140 valence electrons. The number of hydrogen-bond acceptors (Lipinski definition) is 2. The van der Waals surface area contributed by atoms with Gasteiger partial charge in [-0.3, -0.25) is 0 Å². The number of likely N-dealkylation sites (tertiary alicyclic amines) is 1. The van der Waals surface area contributed by atoms with E-state index in [0.717, 1.165) is 24.6 Å². The summed E-state index contributed by atoms with van der Waals surface area (Å²) in [6.07, 6.45) is 2.02. The summed E-state index contributed by atoms with van der Waals surface area (Å²) in [5.41, 5.74) is 3.52. The van der Waals surface area contributed by atoms with Gasteiger partial charge in [-0.05, 0) is 36.5 Å². The van der Waals surface area contributed by atoms with Crippen LogP contribution in [0.5, 0.6) is 0 Å². The highest BCUT2D eigenvalue weighted by Crippen LogP contribution is 2.28. The monoisotopic (exact) mass is 354 g/mol. The third-order valence-electron chi connectivity index (χ3n) is 5.42. The zero-order valence-corrected chi connectivity index (χ0v) is 16.0. The number of aliphatic hydroxyl groups excluding tert-OH is 1. The molecule has 1 aliphatic rings. The van der Waals surface area contributed by atoms with Crippen molar-refractivity contribution in [2.75, 3.05) is 26.2 Å². The number of benzene rings is 2. The molecule has 1 heterocycles. The molecule has 0 bridgehead atoms. The lowest BCUT2D eigenvalue weighted by molar-refractivity contribution is -0.911. The second-order valence-corrected chi connectivity index (χ2v) is 7.79. The van der Waals surface area contributed by atoms with E-state index in [1.165, 1.54) is 35.4 Å². The molecular weight excluding hydrogens is 322 g/mol. The first-order valence-electron chi connectivity index (χ1n) is 9.87. The van der Waals surface area contributed by atoms with Crippen LogP contribution in [-0.4, -0.2) is 37.5 Å². The summed E-state index contributed by atoms with van der Waals surface area (Å²) < 4.78 is 6.26. The van der Waals surface area contributed by atoms with Crippen LogP contribution in [0.25, 0.3) is 0 Å². The van der Waals surface area contributed by atoms with Crippen molar-refractivity contribution in [2.24, 2.45) is 5.92 Å². The van der Waals surface area contributed by atoms with Crippen molar-refractivity contribution in [3.8, 4) is 0 Å². The Balaban J connectivity index is 1.65. The second kappa shape index (κ2) is 9.31. The largest absolute Gasteiger partial charge is 0.385 e. The average molecular weight is 355 g/mol. The van der Waals surface area contributed by atoms with Gasteiger partial charge in [0, 0.05) is 5.92 Å². The number of nitrogens with one attached hydrogen (secondary N) is 1. The number of piperidine rings is 1. The third-order valence-corrected chi connectivity index (χ3v) is 5.42. The molecule has 0 aliphatic carbocycles. The second-order valence-electron chi connectivity index (χ2n) is 7.79. The molecule has 1 fully saturated rings. The van der Waals surface area contributed by atoms with Crippen molar-refractivity contribution in [3.63, 3.8) is 0 Å². The van der Waals surface area contributed by atoms with Crippen molar-refractivity contribution in [2.45, 2.75) is 38.9 Å². The molecule has 0 radical (unpaired) electrons. The van der Waals surface area contributed by atoms with Gasteiger partial charge in [-0.2, -0.15) is 0 Å². The molecule has 0 amide bonds. The van der Waals surface area contributed by atoms with Crippen LogP contribution in [0, 0.1) is 12.8 Å². The predicted molar refractivity (Wildman–Crippen MR) is 105 cm³/mol. The normalized spacial score (nSPS) is 22.7. The SMILES string of the molecule is Cc1ccccc1[C@@H](OC[C@@H](O)C[NH+]1CCC[C@H](C)C1)c1ccccc1. The molecule has 2 aromatic carbocycles. The number of quaternary nitrogens is 1. The van der Waals surface area contributed by atoms with Crippen LogP contribution in [0.3, 0.4) is 0 Å². The molecule has 1 saturated heterocycles. The Morgan fingerprint density at radius 1 is 1.12 bits per heavy atom. The highest BCUT2D eigenvalue weighted by molar-refractivity contribution is 5.35. The number of aryl methyl sites for hydroxylation is 1. The molecule has 3 nitrogen and oxygen atoms in total. The summed E-state index contributed by atoms with van der Waals surface area (Å²) >= 11 is 0. The maximum atomic E-state index is 10.6. The zero-order chi connectivity index (χ0) is 18.4. The summed E-state index contributed by atoms with van der Waals surface area (Å²) in [5, 5.41) is 10.6. The maximum absolute atomic E-state index is 10.6. The van der Waals surface area contributed by atoms with Crippen LogP contribution < -0.4 is 4.90 Å². The first kappa shape index (κ1) is 19.1. The van der Waals surface area contributed by atoms with Crippen LogP contribution in [0.15, 0.2) is 54.6 Å². The lowest BCUT2D eigenvalue weighted by Gasteiger charge is -2.30. The van der Waals surface area contributed by atoms with E-state index in [1.54, 1.807) is 0 Å². The molecule has 3 rings (SSSR count). The van der Waals surface area contributed by atoms with E-state index < -0.39 is 6.10 Å². The molecule has 2 aromatic rings. The molecular formula is C23H32NO2+. The van der Waals surface area contributed by atoms with E-state index in [0.29, 0.717) is 6.61 Å². The summed E-state index contributed by atoms with van der Waals surface area (Å²) in [5.74, 6) is 0.760. The maximum Gasteiger partial charge on any atom is 0.126 e. The first-order valence-corrected chi connectivity index (χ1v) is 9.87. The fraction of sp³-hybridized carbons (Fsp3) is 0.478. The van der Waals surface area contributed by atoms with Gasteiger partial charge in [0.1, 0.15) is 18.8 Å². The summed E-state index contributed by atoms with van der Waals surface area (Å²) in [7, 11) is 0. The molecule has 26 heavy (non-hydrogen) atoms. The summed E-state index contributed by atoms with van der Waals surface area (Å²) in [4.78, 5) is 1.51. The lowest BCUT2D eigenvalue weighted by atomic mass is 9.97. The number of ether oxygens (including phenoxy) is 1. The van der Waals surface area contributed by atoms with Crippen molar-refractivity contribution < 1.29 is 14.7 Å². The Labute approximate surface area is 157 Å². The molecule has 4 atom stereocenters. The van der Waals surface area contributed by atoms with Crippen molar-refractivity contribution in [1.29, 1.82) is 0 Å². The van der Waals surface area contributed by atoms with Gasteiger partial charge < -0.3 is 14.7 Å². The van der Waals surface area contributed by atoms with Gasteiger partial charge in [-0.15, -0.1) is 0 Å². The standard InChI is InChI=1S/C23H31NO2/c1-18-9-8-14-24(15-18)16-21(25)17-26-23(20-11-4-3-5-12-20)22-13-7-6-10-19(22)2/h3-7,10-13,18,21,23,25H,8-9,14-17H2,1-2H3/p+1/t18-,21-,23-/m0/s1. The minimum Gasteiger partial charge on any atom is -0.385 e. The Morgan fingerprint density at radius 2 is 1.85 bits per heavy atom. The van der Waals surface area contributed by atoms with Crippen LogP contribution in [-0.2, 0) is 4.74 Å². The quantitative estimate of drug-likeness (QED) is 0.802. The fourth-order valence-corrected chi connectivity index (χ4v) is 4.06. The molecule has 1 aliphatic heterocycles. The zero-order valence-electron chi connectivity index (χ0n) is 16.0. The van der Waals surface area contributed by atoms with E-state index in [2.05, 4.69) is 50.2 Å². The van der Waals surface area contributed by atoms with E-state index >= 15 is 0 Å². The van der Waals surface area contributed by atoms with Gasteiger partial charge in [-0.1, -0.05) is 61.5 Å². The van der Waals surface area contributed by atoms with Crippen LogP contribution >= 0.6 is 0 Å². The van der Waals surface area contributed by atoms with Crippen LogP contribution in [0.4, 0.5) is 0 Å². The van der Waals surface area contributed by atoms with Gasteiger partial charge in [0.2, 0.25) is 0 Å². The molecule has 0 aromatic heterocycles. The summed E-state index contributed by atoms with van der Waals surface area (Å²) in [6.45, 7) is 7.90. The Hall–Kier alpha value is -1.68. The Bertz CT molecular complexity index is 673. The highest BCUT2D eigenvalue weighted by Gasteiger charge is 2.24. The first-order chi connectivity index (χ1) is 12.6. The van der Waals surface area contributed by atoms with Crippen LogP contribution in [0.1, 0.15) is 42.6 Å². The molecule has 0 spiro atoms. The van der Waals surface area contributed by atoms with Crippen molar-refractivity contribution in [3.05, 3.63) is 71.3 Å². The smallest absolute Gasteiger partial charge is 0.126 e. The van der Waals surface area contributed by atoms with Crippen molar-refractivity contribution in [1.82, 2.24) is 0 Å². The lowest BCUT2D eigenvalue weighted by Crippen LogP contribution is -3.14. The molecule has 3 heteroatoms. The van der Waals surface area contributed by atoms with Gasteiger partial charge in [0.25, 0.3) is 0 Å². The summed E-state index contributed by atoms with van der Waals surface area (Å²) in [6, 6.07) is 18.6. The molecule has 1 unspecified atom stereocenters. The Kier molecular flexibility index (Phi) is 6.84. The van der Waals surface area contributed by atoms with Gasteiger partial charge in [0.05, 0.1) is 19.7 Å². The molecule has 0 saturated carbocycles. The number of aliphatic hydroxyl groups is 1. The minimum atomic E-state index is -0.425. The number of rotatable bonds is 7. The third kappa shape index (κ3) is 5.16.